The first-order valence-electron chi connectivity index (χ1n) is 3.07. The molecule has 0 atom stereocenters. The maximum Gasteiger partial charge on any atom is 0.305 e. The molecule has 0 unspecified atom stereocenters. The Labute approximate surface area is 61.0 Å². The highest BCUT2D eigenvalue weighted by molar-refractivity contribution is 7.80. The molecule has 0 N–H and O–H groups in total. The van der Waals surface area contributed by atoms with Crippen LogP contribution >= 0.6 is 12.6 Å². The predicted octanol–water partition coefficient (Wildman–Crippen LogP) is 1.26. The van der Waals surface area contributed by atoms with E-state index in [2.05, 4.69) is 12.6 Å². The van der Waals surface area contributed by atoms with E-state index in [0.717, 1.165) is 6.42 Å². The van der Waals surface area contributed by atoms with Gasteiger partial charge in [0.15, 0.2) is 0 Å². The van der Waals surface area contributed by atoms with E-state index in [9.17, 15) is 4.79 Å². The van der Waals surface area contributed by atoms with Crippen LogP contribution in [0.5, 0.6) is 0 Å². The fourth-order valence-electron chi connectivity index (χ4n) is 0.436. The summed E-state index contributed by atoms with van der Waals surface area (Å²) < 4.78 is 4.72. The van der Waals surface area contributed by atoms with Crippen molar-refractivity contribution in [2.24, 2.45) is 0 Å². The summed E-state index contributed by atoms with van der Waals surface area (Å²) in [5.41, 5.74) is 0. The number of hydrogen-bond donors (Lipinski definition) is 1. The van der Waals surface area contributed by atoms with E-state index in [0.29, 0.717) is 18.8 Å². The molecule has 0 saturated carbocycles. The minimum atomic E-state index is -0.119. The van der Waals surface area contributed by atoms with Crippen LogP contribution < -0.4 is 0 Å². The van der Waals surface area contributed by atoms with Crippen molar-refractivity contribution < 1.29 is 9.53 Å². The highest BCUT2D eigenvalue weighted by atomic mass is 32.1. The van der Waals surface area contributed by atoms with Gasteiger partial charge >= 0.3 is 5.97 Å². The Morgan fingerprint density at radius 2 is 2.33 bits per heavy atom. The minimum absolute atomic E-state index is 0.119. The number of carbonyl (C=O) groups excluding carboxylic acids is 1. The second kappa shape index (κ2) is 5.95. The first kappa shape index (κ1) is 8.82. The minimum Gasteiger partial charge on any atom is -0.465 e. The molecule has 0 aromatic carbocycles. The molecule has 54 valence electrons. The lowest BCUT2D eigenvalue weighted by atomic mass is 10.3. The zero-order valence-electron chi connectivity index (χ0n) is 5.59. The SMILES string of the molecule is CCCC(=O)OCCS. The van der Waals surface area contributed by atoms with Crippen LogP contribution in [-0.4, -0.2) is 18.3 Å². The van der Waals surface area contributed by atoms with E-state index in [-0.39, 0.29) is 5.97 Å². The molecule has 0 spiro atoms. The number of esters is 1. The van der Waals surface area contributed by atoms with E-state index in [1.807, 2.05) is 6.92 Å². The first-order valence-corrected chi connectivity index (χ1v) is 3.71. The number of hydrogen-bond acceptors (Lipinski definition) is 3. The molecule has 0 radical (unpaired) electrons. The maximum absolute atomic E-state index is 10.5. The second-order valence-electron chi connectivity index (χ2n) is 1.69. The van der Waals surface area contributed by atoms with Crippen LogP contribution in [0.3, 0.4) is 0 Å². The second-order valence-corrected chi connectivity index (χ2v) is 2.14. The van der Waals surface area contributed by atoms with Crippen LogP contribution in [0.4, 0.5) is 0 Å². The first-order chi connectivity index (χ1) is 4.31. The summed E-state index contributed by atoms with van der Waals surface area (Å²) in [5.74, 6) is 0.488. The third-order valence-electron chi connectivity index (χ3n) is 0.808. The molecule has 0 bridgehead atoms. The van der Waals surface area contributed by atoms with Crippen molar-refractivity contribution in [3.05, 3.63) is 0 Å². The van der Waals surface area contributed by atoms with E-state index in [1.54, 1.807) is 0 Å². The van der Waals surface area contributed by atoms with Crippen molar-refractivity contribution in [3.63, 3.8) is 0 Å². The van der Waals surface area contributed by atoms with Crippen molar-refractivity contribution in [1.29, 1.82) is 0 Å². The van der Waals surface area contributed by atoms with Crippen molar-refractivity contribution in [3.8, 4) is 0 Å². The molecular weight excluding hydrogens is 136 g/mol. The van der Waals surface area contributed by atoms with Gasteiger partial charge in [-0.05, 0) is 6.42 Å². The summed E-state index contributed by atoms with van der Waals surface area (Å²) in [6.07, 6.45) is 1.37. The van der Waals surface area contributed by atoms with E-state index >= 15 is 0 Å². The van der Waals surface area contributed by atoms with Gasteiger partial charge in [-0.1, -0.05) is 6.92 Å². The maximum atomic E-state index is 10.5. The molecule has 0 saturated heterocycles. The summed E-state index contributed by atoms with van der Waals surface area (Å²) >= 11 is 3.89. The third kappa shape index (κ3) is 5.69. The molecule has 0 rings (SSSR count). The molecule has 0 aliphatic rings. The summed E-state index contributed by atoms with van der Waals surface area (Å²) in [7, 11) is 0. The van der Waals surface area contributed by atoms with Gasteiger partial charge in [0.2, 0.25) is 0 Å². The Balaban J connectivity index is 3.06. The normalized spacial score (nSPS) is 9.11. The average molecular weight is 148 g/mol. The van der Waals surface area contributed by atoms with Gasteiger partial charge in [-0.15, -0.1) is 0 Å². The zero-order valence-corrected chi connectivity index (χ0v) is 6.49. The van der Waals surface area contributed by atoms with Crippen molar-refractivity contribution in [2.45, 2.75) is 19.8 Å². The van der Waals surface area contributed by atoms with Crippen LogP contribution in [0.15, 0.2) is 0 Å². The third-order valence-corrected chi connectivity index (χ3v) is 0.991. The Hall–Kier alpha value is -0.180. The van der Waals surface area contributed by atoms with Crippen LogP contribution in [-0.2, 0) is 9.53 Å². The Morgan fingerprint density at radius 1 is 1.67 bits per heavy atom. The number of carbonyl (C=O) groups is 1. The van der Waals surface area contributed by atoms with E-state index in [4.69, 9.17) is 4.74 Å². The molecule has 0 heterocycles. The molecule has 2 nitrogen and oxygen atoms in total. The Bertz CT molecular complexity index is 83.1. The monoisotopic (exact) mass is 148 g/mol. The number of rotatable bonds is 4. The molecule has 0 amide bonds. The standard InChI is InChI=1S/C6H12O2S/c1-2-3-6(7)8-4-5-9/h9H,2-5H2,1H3. The van der Waals surface area contributed by atoms with Gasteiger partial charge in [0.1, 0.15) is 6.61 Å². The molecule has 0 aliphatic carbocycles. The quantitative estimate of drug-likeness (QED) is 0.480. The Kier molecular flexibility index (Phi) is 5.83. The summed E-state index contributed by atoms with van der Waals surface area (Å²) in [6, 6.07) is 0. The molecule has 9 heavy (non-hydrogen) atoms. The fraction of sp³-hybridized carbons (Fsp3) is 0.833. The van der Waals surface area contributed by atoms with Crippen molar-refractivity contribution in [2.75, 3.05) is 12.4 Å². The van der Waals surface area contributed by atoms with Crippen LogP contribution in [0, 0.1) is 0 Å². The van der Waals surface area contributed by atoms with Gasteiger partial charge in [-0.2, -0.15) is 12.6 Å². The van der Waals surface area contributed by atoms with Gasteiger partial charge in [0.05, 0.1) is 0 Å². The summed E-state index contributed by atoms with van der Waals surface area (Å²) in [4.78, 5) is 10.5. The molecule has 0 aromatic rings. The smallest absolute Gasteiger partial charge is 0.305 e. The highest BCUT2D eigenvalue weighted by Gasteiger charge is 1.97. The average Bonchev–Trinajstić information content (AvgIpc) is 1.85. The number of ether oxygens (including phenoxy) is 1. The van der Waals surface area contributed by atoms with Crippen LogP contribution in [0.2, 0.25) is 0 Å². The zero-order chi connectivity index (χ0) is 7.11. The van der Waals surface area contributed by atoms with Crippen molar-refractivity contribution in [1.82, 2.24) is 0 Å². The van der Waals surface area contributed by atoms with Crippen LogP contribution in [0.1, 0.15) is 19.8 Å². The van der Waals surface area contributed by atoms with E-state index in [1.165, 1.54) is 0 Å². The Morgan fingerprint density at radius 3 is 2.78 bits per heavy atom. The molecule has 0 aliphatic heterocycles. The summed E-state index contributed by atoms with van der Waals surface area (Å²) in [5, 5.41) is 0. The fourth-order valence-corrected chi connectivity index (χ4v) is 0.527. The van der Waals surface area contributed by atoms with Gasteiger partial charge in [-0.3, -0.25) is 4.79 Å². The van der Waals surface area contributed by atoms with Gasteiger partial charge < -0.3 is 4.74 Å². The van der Waals surface area contributed by atoms with Gasteiger partial charge in [0.25, 0.3) is 0 Å². The molecule has 3 heteroatoms. The topological polar surface area (TPSA) is 26.3 Å². The molecular formula is C6H12O2S. The highest BCUT2D eigenvalue weighted by Crippen LogP contribution is 1.90. The van der Waals surface area contributed by atoms with Crippen molar-refractivity contribution >= 4 is 18.6 Å². The molecule has 0 fully saturated rings. The van der Waals surface area contributed by atoms with Crippen LogP contribution in [0.25, 0.3) is 0 Å². The van der Waals surface area contributed by atoms with Gasteiger partial charge in [0, 0.05) is 12.2 Å². The lowest BCUT2D eigenvalue weighted by molar-refractivity contribution is -0.142. The predicted molar refractivity (Wildman–Crippen MR) is 39.7 cm³/mol. The lowest BCUT2D eigenvalue weighted by Crippen LogP contribution is -2.05. The number of thiol groups is 1. The summed E-state index contributed by atoms with van der Waals surface area (Å²) in [6.45, 7) is 2.38. The largest absolute Gasteiger partial charge is 0.465 e. The van der Waals surface area contributed by atoms with E-state index < -0.39 is 0 Å². The molecule has 0 aromatic heterocycles. The lowest BCUT2D eigenvalue weighted by Gasteiger charge is -1.98. The van der Waals surface area contributed by atoms with Gasteiger partial charge in [-0.25, -0.2) is 0 Å².